The third-order valence-corrected chi connectivity index (χ3v) is 3.88. The number of nitrogens with zero attached hydrogens (tertiary/aromatic N) is 3. The molecule has 3 atom stereocenters. The molecule has 1 saturated heterocycles. The Labute approximate surface area is 111 Å². The highest BCUT2D eigenvalue weighted by atomic mass is 16.5. The second kappa shape index (κ2) is 5.22. The number of fused-ring (bicyclic) bond motifs is 1. The Morgan fingerprint density at radius 1 is 1.47 bits per heavy atom. The Hall–Kier alpha value is -1.53. The van der Waals surface area contributed by atoms with E-state index in [1.807, 2.05) is 4.90 Å². The zero-order chi connectivity index (χ0) is 13.2. The van der Waals surface area contributed by atoms with Gasteiger partial charge in [0, 0.05) is 26.0 Å². The van der Waals surface area contributed by atoms with Gasteiger partial charge in [0.2, 0.25) is 0 Å². The van der Waals surface area contributed by atoms with Crippen molar-refractivity contribution in [3.63, 3.8) is 0 Å². The van der Waals surface area contributed by atoms with Crippen molar-refractivity contribution in [2.75, 3.05) is 20.3 Å². The van der Waals surface area contributed by atoms with Crippen LogP contribution >= 0.6 is 0 Å². The number of methoxy groups -OCH3 is 1. The summed E-state index contributed by atoms with van der Waals surface area (Å²) in [6, 6.07) is 0.0909. The van der Waals surface area contributed by atoms with Gasteiger partial charge in [-0.2, -0.15) is 0 Å². The Morgan fingerprint density at radius 2 is 2.37 bits per heavy atom. The summed E-state index contributed by atoms with van der Waals surface area (Å²) in [7, 11) is 1.69. The summed E-state index contributed by atoms with van der Waals surface area (Å²) >= 11 is 0. The number of aromatic nitrogens is 2. The van der Waals surface area contributed by atoms with Crippen molar-refractivity contribution in [3.8, 4) is 0 Å². The molecule has 0 N–H and O–H groups in total. The van der Waals surface area contributed by atoms with Gasteiger partial charge in [-0.3, -0.25) is 9.78 Å². The van der Waals surface area contributed by atoms with Gasteiger partial charge in [-0.05, 0) is 12.8 Å². The number of hydrogen-bond donors (Lipinski definition) is 0. The summed E-state index contributed by atoms with van der Waals surface area (Å²) in [6.45, 7) is 1.15. The average molecular weight is 263 g/mol. The van der Waals surface area contributed by atoms with E-state index in [1.165, 1.54) is 12.4 Å². The minimum Gasteiger partial charge on any atom is -0.379 e. The fraction of sp³-hybridized carbons (Fsp3) is 0.615. The number of carbonyl (C=O) groups is 1. The summed E-state index contributed by atoms with van der Waals surface area (Å²) in [6.07, 6.45) is 6.52. The van der Waals surface area contributed by atoms with E-state index >= 15 is 0 Å². The predicted octanol–water partition coefficient (Wildman–Crippen LogP) is 0.495. The van der Waals surface area contributed by atoms with Crippen LogP contribution in [0.1, 0.15) is 23.3 Å². The van der Waals surface area contributed by atoms with Gasteiger partial charge in [0.1, 0.15) is 11.8 Å². The number of amides is 1. The Morgan fingerprint density at radius 3 is 3.11 bits per heavy atom. The van der Waals surface area contributed by atoms with E-state index in [0.717, 1.165) is 12.8 Å². The van der Waals surface area contributed by atoms with Gasteiger partial charge >= 0.3 is 0 Å². The number of hydrogen-bond acceptors (Lipinski definition) is 5. The number of morpholine rings is 1. The zero-order valence-corrected chi connectivity index (χ0v) is 10.9. The van der Waals surface area contributed by atoms with Crippen molar-refractivity contribution in [1.29, 1.82) is 0 Å². The first kappa shape index (κ1) is 12.5. The molecule has 6 heteroatoms. The van der Waals surface area contributed by atoms with Crippen LogP contribution in [0.15, 0.2) is 18.6 Å². The van der Waals surface area contributed by atoms with E-state index in [1.54, 1.807) is 13.3 Å². The van der Waals surface area contributed by atoms with Crippen LogP contribution in [-0.2, 0) is 9.47 Å². The Bertz CT molecular complexity index is 454. The topological polar surface area (TPSA) is 64.6 Å². The zero-order valence-electron chi connectivity index (χ0n) is 10.9. The first-order valence-corrected chi connectivity index (χ1v) is 6.52. The van der Waals surface area contributed by atoms with E-state index in [2.05, 4.69) is 9.97 Å². The average Bonchev–Trinajstić information content (AvgIpc) is 2.90. The summed E-state index contributed by atoms with van der Waals surface area (Å²) in [5.74, 6) is -0.0665. The van der Waals surface area contributed by atoms with Crippen molar-refractivity contribution in [2.24, 2.45) is 0 Å². The molecule has 1 saturated carbocycles. The van der Waals surface area contributed by atoms with Crippen LogP contribution in [0, 0.1) is 0 Å². The van der Waals surface area contributed by atoms with Gasteiger partial charge in [-0.15, -0.1) is 0 Å². The van der Waals surface area contributed by atoms with Gasteiger partial charge in [0.15, 0.2) is 0 Å². The number of carbonyl (C=O) groups excluding carboxylic acids is 1. The van der Waals surface area contributed by atoms with Gasteiger partial charge in [-0.25, -0.2) is 4.98 Å². The molecule has 2 aliphatic rings. The molecule has 102 valence electrons. The van der Waals surface area contributed by atoms with E-state index in [9.17, 15) is 4.79 Å². The second-order valence-electron chi connectivity index (χ2n) is 4.84. The van der Waals surface area contributed by atoms with Crippen LogP contribution in [0.3, 0.4) is 0 Å². The SMILES string of the molecule is CO[C@@H]1CC[C@H]2[C@H]1OCCN2C(=O)c1cnccn1. The molecule has 6 nitrogen and oxygen atoms in total. The van der Waals surface area contributed by atoms with Crippen LogP contribution < -0.4 is 0 Å². The van der Waals surface area contributed by atoms with Crippen LogP contribution in [-0.4, -0.2) is 59.3 Å². The van der Waals surface area contributed by atoms with Crippen LogP contribution in [0.4, 0.5) is 0 Å². The molecular weight excluding hydrogens is 246 g/mol. The Balaban J connectivity index is 1.79. The van der Waals surface area contributed by atoms with Crippen molar-refractivity contribution in [3.05, 3.63) is 24.3 Å². The van der Waals surface area contributed by atoms with Gasteiger partial charge < -0.3 is 14.4 Å². The fourth-order valence-corrected chi connectivity index (χ4v) is 2.98. The molecule has 1 aliphatic carbocycles. The van der Waals surface area contributed by atoms with E-state index in [0.29, 0.717) is 18.8 Å². The van der Waals surface area contributed by atoms with Gasteiger partial charge in [-0.1, -0.05) is 0 Å². The van der Waals surface area contributed by atoms with Gasteiger partial charge in [0.25, 0.3) is 5.91 Å². The molecule has 1 amide bonds. The lowest BCUT2D eigenvalue weighted by Gasteiger charge is -2.38. The fourth-order valence-electron chi connectivity index (χ4n) is 2.98. The molecule has 19 heavy (non-hydrogen) atoms. The smallest absolute Gasteiger partial charge is 0.274 e. The maximum absolute atomic E-state index is 12.5. The molecule has 2 fully saturated rings. The maximum atomic E-state index is 12.5. The maximum Gasteiger partial charge on any atom is 0.274 e. The lowest BCUT2D eigenvalue weighted by molar-refractivity contribution is -0.0947. The highest BCUT2D eigenvalue weighted by molar-refractivity contribution is 5.92. The molecular formula is C13H17N3O3. The highest BCUT2D eigenvalue weighted by Gasteiger charge is 2.44. The predicted molar refractivity (Wildman–Crippen MR) is 66.6 cm³/mol. The van der Waals surface area contributed by atoms with Gasteiger partial charge in [0.05, 0.1) is 24.9 Å². The molecule has 1 aromatic heterocycles. The monoisotopic (exact) mass is 263 g/mol. The first-order chi connectivity index (χ1) is 9.31. The lowest BCUT2D eigenvalue weighted by atomic mass is 10.1. The highest BCUT2D eigenvalue weighted by Crippen LogP contribution is 2.32. The van der Waals surface area contributed by atoms with Crippen molar-refractivity contribution in [2.45, 2.75) is 31.1 Å². The van der Waals surface area contributed by atoms with Crippen LogP contribution in [0.5, 0.6) is 0 Å². The van der Waals surface area contributed by atoms with E-state index in [4.69, 9.17) is 9.47 Å². The van der Waals surface area contributed by atoms with Crippen molar-refractivity contribution < 1.29 is 14.3 Å². The molecule has 0 bridgehead atoms. The molecule has 0 unspecified atom stereocenters. The summed E-state index contributed by atoms with van der Waals surface area (Å²) < 4.78 is 11.2. The molecule has 1 aromatic rings. The Kier molecular flexibility index (Phi) is 3.44. The summed E-state index contributed by atoms with van der Waals surface area (Å²) in [5, 5.41) is 0. The lowest BCUT2D eigenvalue weighted by Crippen LogP contribution is -2.53. The largest absolute Gasteiger partial charge is 0.379 e. The molecule has 0 spiro atoms. The summed E-state index contributed by atoms with van der Waals surface area (Å²) in [4.78, 5) is 22.4. The molecule has 0 radical (unpaired) electrons. The van der Waals surface area contributed by atoms with E-state index < -0.39 is 0 Å². The molecule has 0 aromatic carbocycles. The molecule has 2 heterocycles. The normalized spacial score (nSPS) is 30.2. The van der Waals surface area contributed by atoms with Crippen LogP contribution in [0.25, 0.3) is 0 Å². The number of rotatable bonds is 2. The van der Waals surface area contributed by atoms with Crippen molar-refractivity contribution >= 4 is 5.91 Å². The number of ether oxygens (including phenoxy) is 2. The third kappa shape index (κ3) is 2.21. The van der Waals surface area contributed by atoms with Crippen LogP contribution in [0.2, 0.25) is 0 Å². The summed E-state index contributed by atoms with van der Waals surface area (Å²) in [5.41, 5.74) is 0.393. The standard InChI is InChI=1S/C13H17N3O3/c1-18-11-3-2-10-12(11)19-7-6-16(10)13(17)9-8-14-4-5-15-9/h4-5,8,10-12H,2-3,6-7H2,1H3/t10-,11+,12+/m0/s1. The third-order valence-electron chi connectivity index (χ3n) is 3.88. The second-order valence-corrected chi connectivity index (χ2v) is 4.84. The molecule has 1 aliphatic heterocycles. The quantitative estimate of drug-likeness (QED) is 0.777. The van der Waals surface area contributed by atoms with E-state index in [-0.39, 0.29) is 24.2 Å². The first-order valence-electron chi connectivity index (χ1n) is 6.52. The minimum atomic E-state index is -0.0665. The minimum absolute atomic E-state index is 0.0145. The van der Waals surface area contributed by atoms with Crippen molar-refractivity contribution in [1.82, 2.24) is 14.9 Å². The molecule has 3 rings (SSSR count).